The molecule has 0 aliphatic heterocycles. The van der Waals surface area contributed by atoms with E-state index in [-0.39, 0.29) is 5.91 Å². The number of hydrogen-bond donors (Lipinski definition) is 1. The van der Waals surface area contributed by atoms with Gasteiger partial charge in [-0.1, -0.05) is 31.4 Å². The quantitative estimate of drug-likeness (QED) is 0.877. The largest absolute Gasteiger partial charge is 0.364 e. The summed E-state index contributed by atoms with van der Waals surface area (Å²) < 4.78 is 2.18. The van der Waals surface area contributed by atoms with Crippen molar-refractivity contribution >= 4 is 16.8 Å². The Labute approximate surface area is 113 Å². The minimum absolute atomic E-state index is 0.318. The average molecular weight is 256 g/mol. The van der Waals surface area contributed by atoms with Gasteiger partial charge in [0.25, 0.3) is 5.91 Å². The van der Waals surface area contributed by atoms with Gasteiger partial charge in [0.15, 0.2) is 0 Å². The van der Waals surface area contributed by atoms with Gasteiger partial charge in [-0.15, -0.1) is 0 Å². The molecule has 2 N–H and O–H groups in total. The first-order valence-electron chi connectivity index (χ1n) is 7.09. The van der Waals surface area contributed by atoms with Gasteiger partial charge in [-0.2, -0.15) is 0 Å². The summed E-state index contributed by atoms with van der Waals surface area (Å²) in [6.07, 6.45) is 6.10. The third-order valence-electron chi connectivity index (χ3n) is 4.29. The van der Waals surface area contributed by atoms with Crippen molar-refractivity contribution in [1.29, 1.82) is 0 Å². The van der Waals surface area contributed by atoms with Crippen LogP contribution in [-0.2, 0) is 0 Å². The Morgan fingerprint density at radius 3 is 2.68 bits per heavy atom. The van der Waals surface area contributed by atoms with Crippen LogP contribution in [0.15, 0.2) is 24.3 Å². The predicted octanol–water partition coefficient (Wildman–Crippen LogP) is 3.55. The number of fused-ring (bicyclic) bond motifs is 1. The fraction of sp³-hybridized carbons (Fsp3) is 0.438. The number of carbonyl (C=O) groups excluding carboxylic acids is 1. The van der Waals surface area contributed by atoms with Crippen molar-refractivity contribution < 1.29 is 4.79 Å². The Morgan fingerprint density at radius 2 is 2.00 bits per heavy atom. The molecule has 0 bridgehead atoms. The van der Waals surface area contributed by atoms with Crippen LogP contribution in [0.3, 0.4) is 0 Å². The molecule has 100 valence electrons. The lowest BCUT2D eigenvalue weighted by Gasteiger charge is -2.25. The molecule has 19 heavy (non-hydrogen) atoms. The van der Waals surface area contributed by atoms with Crippen molar-refractivity contribution in [2.24, 2.45) is 5.73 Å². The summed E-state index contributed by atoms with van der Waals surface area (Å²) in [5.74, 6) is -0.318. The van der Waals surface area contributed by atoms with E-state index in [9.17, 15) is 4.79 Å². The van der Waals surface area contributed by atoms with Crippen molar-refractivity contribution in [3.63, 3.8) is 0 Å². The lowest BCUT2D eigenvalue weighted by molar-refractivity contribution is 0.0988. The van der Waals surface area contributed by atoms with E-state index in [1.807, 2.05) is 6.07 Å². The lowest BCUT2D eigenvalue weighted by Crippen LogP contribution is -2.21. The molecule has 1 saturated carbocycles. The number of primary amides is 1. The number of nitrogens with zero attached hydrogens (tertiary/aromatic N) is 1. The molecule has 0 atom stereocenters. The second-order valence-corrected chi connectivity index (χ2v) is 5.56. The van der Waals surface area contributed by atoms with Crippen molar-refractivity contribution in [1.82, 2.24) is 4.57 Å². The number of aryl methyl sites for hydroxylation is 1. The van der Waals surface area contributed by atoms with Crippen molar-refractivity contribution in [3.8, 4) is 0 Å². The summed E-state index contributed by atoms with van der Waals surface area (Å²) in [6, 6.07) is 8.63. The van der Waals surface area contributed by atoms with E-state index >= 15 is 0 Å². The molecule has 3 heteroatoms. The van der Waals surface area contributed by atoms with Crippen molar-refractivity contribution in [3.05, 3.63) is 35.5 Å². The summed E-state index contributed by atoms with van der Waals surface area (Å²) in [7, 11) is 0. The van der Waals surface area contributed by atoms with Gasteiger partial charge in [0.05, 0.1) is 0 Å². The number of benzene rings is 1. The van der Waals surface area contributed by atoms with E-state index in [2.05, 4.69) is 29.7 Å². The van der Waals surface area contributed by atoms with Gasteiger partial charge in [0.2, 0.25) is 0 Å². The monoisotopic (exact) mass is 256 g/mol. The van der Waals surface area contributed by atoms with E-state index in [4.69, 9.17) is 5.73 Å². The smallest absolute Gasteiger partial charge is 0.265 e. The van der Waals surface area contributed by atoms with Gasteiger partial charge < -0.3 is 10.3 Å². The molecule has 3 rings (SSSR count). The Bertz CT molecular complexity index is 621. The molecule has 1 fully saturated rings. The summed E-state index contributed by atoms with van der Waals surface area (Å²) in [4.78, 5) is 11.7. The van der Waals surface area contributed by atoms with Crippen LogP contribution in [0, 0.1) is 6.92 Å². The molecule has 0 spiro atoms. The maximum Gasteiger partial charge on any atom is 0.265 e. The van der Waals surface area contributed by atoms with Gasteiger partial charge in [-0.05, 0) is 37.5 Å². The van der Waals surface area contributed by atoms with Gasteiger partial charge in [0.1, 0.15) is 5.69 Å². The normalized spacial score (nSPS) is 16.9. The van der Waals surface area contributed by atoms with Gasteiger partial charge >= 0.3 is 0 Å². The fourth-order valence-electron chi connectivity index (χ4n) is 3.32. The SMILES string of the molecule is Cc1cccc2c1cc(C(N)=O)n2C1CCCCC1. The van der Waals surface area contributed by atoms with E-state index in [1.165, 1.54) is 24.8 Å². The third kappa shape index (κ3) is 2.03. The van der Waals surface area contributed by atoms with E-state index in [1.54, 1.807) is 0 Å². The molecule has 1 aliphatic rings. The van der Waals surface area contributed by atoms with Crippen LogP contribution in [0.2, 0.25) is 0 Å². The van der Waals surface area contributed by atoms with E-state index in [0.29, 0.717) is 11.7 Å². The number of nitrogens with two attached hydrogens (primary N) is 1. The van der Waals surface area contributed by atoms with Crippen LogP contribution in [0.5, 0.6) is 0 Å². The number of amides is 1. The highest BCUT2D eigenvalue weighted by atomic mass is 16.1. The van der Waals surface area contributed by atoms with Gasteiger partial charge in [0, 0.05) is 16.9 Å². The first kappa shape index (κ1) is 12.3. The number of hydrogen-bond acceptors (Lipinski definition) is 1. The van der Waals surface area contributed by atoms with Crippen LogP contribution in [0.25, 0.3) is 10.9 Å². The average Bonchev–Trinajstić information content (AvgIpc) is 2.81. The van der Waals surface area contributed by atoms with Crippen LogP contribution in [0.1, 0.15) is 54.2 Å². The zero-order valence-electron chi connectivity index (χ0n) is 11.4. The molecule has 1 aromatic carbocycles. The maximum absolute atomic E-state index is 11.7. The second kappa shape index (κ2) is 4.72. The summed E-state index contributed by atoms with van der Waals surface area (Å²) in [5.41, 5.74) is 8.60. The number of carbonyl (C=O) groups is 1. The molecular weight excluding hydrogens is 236 g/mol. The Balaban J connectivity index is 2.21. The highest BCUT2D eigenvalue weighted by Crippen LogP contribution is 2.34. The zero-order valence-corrected chi connectivity index (χ0v) is 11.4. The molecule has 0 unspecified atom stereocenters. The molecule has 1 aromatic heterocycles. The molecule has 0 saturated heterocycles. The predicted molar refractivity (Wildman–Crippen MR) is 77.3 cm³/mol. The van der Waals surface area contributed by atoms with Crippen LogP contribution >= 0.6 is 0 Å². The topological polar surface area (TPSA) is 48.0 Å². The summed E-state index contributed by atoms with van der Waals surface area (Å²) in [6.45, 7) is 2.08. The van der Waals surface area contributed by atoms with Gasteiger partial charge in [-0.25, -0.2) is 0 Å². The zero-order chi connectivity index (χ0) is 13.4. The Hall–Kier alpha value is -1.77. The Morgan fingerprint density at radius 1 is 1.26 bits per heavy atom. The standard InChI is InChI=1S/C16H20N2O/c1-11-6-5-9-14-13(11)10-15(16(17)19)18(14)12-7-3-2-4-8-12/h5-6,9-10,12H,2-4,7-8H2,1H3,(H2,17,19). The lowest BCUT2D eigenvalue weighted by atomic mass is 9.95. The minimum Gasteiger partial charge on any atom is -0.364 e. The van der Waals surface area contributed by atoms with Gasteiger partial charge in [-0.3, -0.25) is 4.79 Å². The molecule has 1 amide bonds. The fourth-order valence-corrected chi connectivity index (χ4v) is 3.32. The van der Waals surface area contributed by atoms with Crippen molar-refractivity contribution in [2.75, 3.05) is 0 Å². The van der Waals surface area contributed by atoms with Crippen LogP contribution in [0.4, 0.5) is 0 Å². The van der Waals surface area contributed by atoms with Crippen LogP contribution < -0.4 is 5.73 Å². The third-order valence-corrected chi connectivity index (χ3v) is 4.29. The minimum atomic E-state index is -0.318. The van der Waals surface area contributed by atoms with Crippen molar-refractivity contribution in [2.45, 2.75) is 45.1 Å². The molecular formula is C16H20N2O. The summed E-state index contributed by atoms with van der Waals surface area (Å²) >= 11 is 0. The first-order chi connectivity index (χ1) is 9.18. The number of aromatic nitrogens is 1. The highest BCUT2D eigenvalue weighted by Gasteiger charge is 2.22. The molecule has 3 nitrogen and oxygen atoms in total. The Kier molecular flexibility index (Phi) is 3.05. The van der Waals surface area contributed by atoms with E-state index in [0.717, 1.165) is 23.7 Å². The summed E-state index contributed by atoms with van der Waals surface area (Å²) in [5, 5.41) is 1.15. The molecule has 1 aliphatic carbocycles. The maximum atomic E-state index is 11.7. The first-order valence-corrected chi connectivity index (χ1v) is 7.09. The molecule has 0 radical (unpaired) electrons. The number of rotatable bonds is 2. The molecule has 2 aromatic rings. The highest BCUT2D eigenvalue weighted by molar-refractivity contribution is 5.98. The van der Waals surface area contributed by atoms with Crippen LogP contribution in [-0.4, -0.2) is 10.5 Å². The van der Waals surface area contributed by atoms with E-state index < -0.39 is 0 Å². The second-order valence-electron chi connectivity index (χ2n) is 5.56. The molecule has 1 heterocycles.